The van der Waals surface area contributed by atoms with E-state index in [2.05, 4.69) is 24.0 Å². The topological polar surface area (TPSA) is 69.4 Å². The van der Waals surface area contributed by atoms with Gasteiger partial charge in [-0.15, -0.1) is 0 Å². The average Bonchev–Trinajstić information content (AvgIpc) is 3.51. The largest absolute Gasteiger partial charge is 0.492 e. The second kappa shape index (κ2) is 7.01. The van der Waals surface area contributed by atoms with E-state index < -0.39 is 6.55 Å². The molecule has 3 aromatic rings. The number of carbonyl (C=O) groups is 1. The fourth-order valence-electron chi connectivity index (χ4n) is 5.80. The zero-order chi connectivity index (χ0) is 23.9. The molecule has 5 heterocycles. The maximum atomic E-state index is 13.2. The number of fused-ring (bicyclic) bond motifs is 8. The first-order valence-corrected chi connectivity index (χ1v) is 11.4. The van der Waals surface area contributed by atoms with Crippen molar-refractivity contribution in [2.75, 3.05) is 11.6 Å². The van der Waals surface area contributed by atoms with Gasteiger partial charge in [-0.1, -0.05) is 0 Å². The quantitative estimate of drug-likeness (QED) is 0.533. The van der Waals surface area contributed by atoms with Gasteiger partial charge in [-0.05, 0) is 45.2 Å². The molecule has 0 unspecified atom stereocenters. The molecule has 1 fully saturated rings. The highest BCUT2D eigenvalue weighted by Gasteiger charge is 2.46. The van der Waals surface area contributed by atoms with Crippen molar-refractivity contribution in [2.24, 2.45) is 0 Å². The number of pyridine rings is 1. The molecule has 1 saturated heterocycles. The van der Waals surface area contributed by atoms with E-state index >= 15 is 0 Å². The van der Waals surface area contributed by atoms with Gasteiger partial charge >= 0.3 is 6.55 Å². The predicted molar refractivity (Wildman–Crippen MR) is 122 cm³/mol. The van der Waals surface area contributed by atoms with Gasteiger partial charge in [0.15, 0.2) is 11.2 Å². The molecular formula is C25H24F2N4O3. The lowest BCUT2D eigenvalue weighted by Gasteiger charge is -2.45. The Bertz CT molecular complexity index is 1420. The Balaban J connectivity index is 1.66. The molecule has 1 atom stereocenters. The van der Waals surface area contributed by atoms with Crippen LogP contribution in [0.2, 0.25) is 0 Å². The smallest absolute Gasteiger partial charge is 0.333 e. The van der Waals surface area contributed by atoms with E-state index in [0.29, 0.717) is 29.0 Å². The molecule has 176 valence electrons. The molecule has 0 amide bonds. The van der Waals surface area contributed by atoms with E-state index in [1.807, 2.05) is 10.7 Å². The van der Waals surface area contributed by atoms with Crippen LogP contribution in [0.15, 0.2) is 35.5 Å². The van der Waals surface area contributed by atoms with E-state index in [4.69, 9.17) is 4.74 Å². The molecule has 0 radical (unpaired) electrons. The zero-order valence-electron chi connectivity index (χ0n) is 19.1. The first-order valence-electron chi connectivity index (χ1n) is 11.4. The van der Waals surface area contributed by atoms with Crippen LogP contribution in [-0.2, 0) is 6.42 Å². The van der Waals surface area contributed by atoms with E-state index in [9.17, 15) is 18.4 Å². The Morgan fingerprint density at radius 3 is 2.76 bits per heavy atom. The van der Waals surface area contributed by atoms with Crippen molar-refractivity contribution >= 4 is 5.78 Å². The van der Waals surface area contributed by atoms with Crippen LogP contribution in [0.25, 0.3) is 22.4 Å². The highest BCUT2D eigenvalue weighted by molar-refractivity contribution is 5.94. The third kappa shape index (κ3) is 2.82. The summed E-state index contributed by atoms with van der Waals surface area (Å²) in [4.78, 5) is 25.1. The van der Waals surface area contributed by atoms with Crippen LogP contribution >= 0.6 is 0 Å². The highest BCUT2D eigenvalue weighted by Crippen LogP contribution is 2.53. The van der Waals surface area contributed by atoms with Gasteiger partial charge in [0, 0.05) is 47.1 Å². The summed E-state index contributed by atoms with van der Waals surface area (Å²) in [6.45, 7) is 3.46. The molecule has 0 aliphatic carbocycles. The zero-order valence-corrected chi connectivity index (χ0v) is 19.1. The van der Waals surface area contributed by atoms with Gasteiger partial charge in [-0.2, -0.15) is 13.9 Å². The van der Waals surface area contributed by atoms with Crippen LogP contribution in [-0.4, -0.2) is 32.4 Å². The van der Waals surface area contributed by atoms with Crippen LogP contribution in [0.3, 0.4) is 0 Å². The minimum Gasteiger partial charge on any atom is -0.492 e. The van der Waals surface area contributed by atoms with E-state index in [-0.39, 0.29) is 28.4 Å². The Labute approximate surface area is 194 Å². The first-order chi connectivity index (χ1) is 16.2. The second-order valence-electron chi connectivity index (χ2n) is 9.83. The Hall–Kier alpha value is -3.49. The van der Waals surface area contributed by atoms with E-state index in [0.717, 1.165) is 40.8 Å². The summed E-state index contributed by atoms with van der Waals surface area (Å²) in [6, 6.07) is 3.57. The van der Waals surface area contributed by atoms with Crippen molar-refractivity contribution in [1.82, 2.24) is 14.5 Å². The molecule has 0 N–H and O–H groups in total. The van der Waals surface area contributed by atoms with Crippen molar-refractivity contribution in [1.29, 1.82) is 0 Å². The summed E-state index contributed by atoms with van der Waals surface area (Å²) in [6.07, 6.45) is 6.90. The normalized spacial score (nSPS) is 19.5. The second-order valence-corrected chi connectivity index (χ2v) is 9.83. The molecule has 3 aliphatic rings. The van der Waals surface area contributed by atoms with Gasteiger partial charge < -0.3 is 4.74 Å². The molecule has 0 saturated carbocycles. The van der Waals surface area contributed by atoms with Gasteiger partial charge in [0.1, 0.15) is 5.75 Å². The fourth-order valence-corrected chi connectivity index (χ4v) is 5.80. The number of hydrogen-bond acceptors (Lipinski definition) is 5. The van der Waals surface area contributed by atoms with Crippen LogP contribution < -0.4 is 15.2 Å². The highest BCUT2D eigenvalue weighted by atomic mass is 19.3. The number of aromatic nitrogens is 3. The van der Waals surface area contributed by atoms with E-state index in [1.54, 1.807) is 12.3 Å². The van der Waals surface area contributed by atoms with Crippen molar-refractivity contribution < 1.29 is 18.3 Å². The van der Waals surface area contributed by atoms with Crippen molar-refractivity contribution in [3.05, 3.63) is 57.6 Å². The van der Waals surface area contributed by atoms with E-state index in [1.165, 1.54) is 19.3 Å². The molecule has 1 aromatic carbocycles. The standard InChI is InChI=1S/C25H24F2N4O3/c1-13(32)18-12-30-20(9-21(18)33)22-15-5-7-34-23(15)16(14-10-28-29(11-14)24(26)27)8-17(22)19-4-6-25(2,3)31(19)30/h8-12,19,24H,4-7H2,1-3H3/t19-/m0/s1. The lowest BCUT2D eigenvalue weighted by molar-refractivity contribution is 0.0566. The van der Waals surface area contributed by atoms with Gasteiger partial charge in [-0.3, -0.25) is 19.3 Å². The van der Waals surface area contributed by atoms with Crippen molar-refractivity contribution in [2.45, 2.75) is 58.2 Å². The minimum atomic E-state index is -2.72. The Morgan fingerprint density at radius 1 is 1.26 bits per heavy atom. The summed E-state index contributed by atoms with van der Waals surface area (Å²) in [5.74, 6) is 0.382. The third-order valence-corrected chi connectivity index (χ3v) is 7.32. The van der Waals surface area contributed by atoms with Crippen LogP contribution in [0, 0.1) is 0 Å². The summed E-state index contributed by atoms with van der Waals surface area (Å²) >= 11 is 0. The molecule has 7 nitrogen and oxygen atoms in total. The number of ketones is 1. The van der Waals surface area contributed by atoms with Gasteiger partial charge in [-0.25, -0.2) is 4.68 Å². The van der Waals surface area contributed by atoms with Crippen molar-refractivity contribution in [3.63, 3.8) is 0 Å². The lowest BCUT2D eigenvalue weighted by atomic mass is 9.86. The summed E-state index contributed by atoms with van der Waals surface area (Å²) in [5, 5.41) is 6.06. The molecular weight excluding hydrogens is 442 g/mol. The fraction of sp³-hybridized carbons (Fsp3) is 0.400. The van der Waals surface area contributed by atoms with Gasteiger partial charge in [0.2, 0.25) is 0 Å². The van der Waals surface area contributed by atoms with Crippen LogP contribution in [0.5, 0.6) is 5.75 Å². The molecule has 0 bridgehead atoms. The molecule has 9 heteroatoms. The average molecular weight is 466 g/mol. The number of benzene rings is 1. The van der Waals surface area contributed by atoms with Crippen LogP contribution in [0.4, 0.5) is 8.78 Å². The number of Topliss-reactive ketones (excluding diaryl/α,β-unsaturated/α-hetero) is 1. The van der Waals surface area contributed by atoms with Gasteiger partial charge in [0.25, 0.3) is 0 Å². The van der Waals surface area contributed by atoms with Crippen molar-refractivity contribution in [3.8, 4) is 28.1 Å². The number of rotatable bonds is 3. The SMILES string of the molecule is CC(=O)c1cn2c(cc1=O)-c1c(cc(-c3cnn(C(F)F)c3)c3c1CCO3)[C@@H]1CCC(C)(C)N12. The number of carbonyl (C=O) groups excluding carboxylic acids is 1. The molecule has 34 heavy (non-hydrogen) atoms. The Kier molecular flexibility index (Phi) is 4.34. The molecule has 0 spiro atoms. The van der Waals surface area contributed by atoms with Crippen LogP contribution in [0.1, 0.15) is 67.7 Å². The molecule has 6 rings (SSSR count). The summed E-state index contributed by atoms with van der Waals surface area (Å²) < 4.78 is 35.0. The molecule has 2 aromatic heterocycles. The number of hydrogen-bond donors (Lipinski definition) is 0. The number of nitrogens with zero attached hydrogens (tertiary/aromatic N) is 4. The van der Waals surface area contributed by atoms with Gasteiger partial charge in [0.05, 0.1) is 35.6 Å². The maximum absolute atomic E-state index is 13.2. The number of alkyl halides is 2. The third-order valence-electron chi connectivity index (χ3n) is 7.32. The molecule has 3 aliphatic heterocycles. The summed E-state index contributed by atoms with van der Waals surface area (Å²) in [5.41, 5.74) is 4.63. The first kappa shape index (κ1) is 21.1. The summed E-state index contributed by atoms with van der Waals surface area (Å²) in [7, 11) is 0. The monoisotopic (exact) mass is 466 g/mol. The lowest BCUT2D eigenvalue weighted by Crippen LogP contribution is -2.50. The number of ether oxygens (including phenoxy) is 1. The minimum absolute atomic E-state index is 0.00889. The predicted octanol–water partition coefficient (Wildman–Crippen LogP) is 4.48. The maximum Gasteiger partial charge on any atom is 0.333 e. The Morgan fingerprint density at radius 2 is 2.06 bits per heavy atom. The number of halogens is 2.